The highest BCUT2D eigenvalue weighted by molar-refractivity contribution is 5.07. The molecule has 0 radical (unpaired) electrons. The summed E-state index contributed by atoms with van der Waals surface area (Å²) >= 11 is 0. The molecule has 0 spiro atoms. The van der Waals surface area contributed by atoms with E-state index in [1.807, 2.05) is 10.9 Å². The lowest BCUT2D eigenvalue weighted by molar-refractivity contribution is -0.0140. The van der Waals surface area contributed by atoms with Gasteiger partial charge in [-0.25, -0.2) is 4.68 Å². The molecular formula is C15H30N4O. The van der Waals surface area contributed by atoms with Crippen LogP contribution in [0.4, 0.5) is 0 Å². The molecule has 0 fully saturated rings. The molecule has 1 heterocycles. The predicted octanol–water partition coefficient (Wildman–Crippen LogP) is 2.79. The third kappa shape index (κ3) is 4.28. The van der Waals surface area contributed by atoms with Crippen LogP contribution in [0.1, 0.15) is 59.2 Å². The standard InChI is InChI=1S/C15H30N4O/c1-7-9-16-13(14(20-6)15(3,4)5)12-11-17-18-19(12)10-8-2/h11,13-14,16H,7-10H2,1-6H3. The fourth-order valence-corrected chi connectivity index (χ4v) is 2.55. The maximum absolute atomic E-state index is 5.80. The van der Waals surface area contributed by atoms with Gasteiger partial charge in [-0.2, -0.15) is 0 Å². The van der Waals surface area contributed by atoms with Crippen molar-refractivity contribution in [3.05, 3.63) is 11.9 Å². The minimum absolute atomic E-state index is 0.0431. The van der Waals surface area contributed by atoms with Crippen LogP contribution in [0.15, 0.2) is 6.20 Å². The molecule has 2 atom stereocenters. The highest BCUT2D eigenvalue weighted by Gasteiger charge is 2.35. The van der Waals surface area contributed by atoms with Gasteiger partial charge in [-0.15, -0.1) is 5.10 Å². The highest BCUT2D eigenvalue weighted by atomic mass is 16.5. The predicted molar refractivity (Wildman–Crippen MR) is 81.6 cm³/mol. The number of methoxy groups -OCH3 is 1. The zero-order valence-corrected chi connectivity index (χ0v) is 13.8. The van der Waals surface area contributed by atoms with Crippen molar-refractivity contribution in [2.24, 2.45) is 5.41 Å². The van der Waals surface area contributed by atoms with E-state index >= 15 is 0 Å². The third-order valence-corrected chi connectivity index (χ3v) is 3.43. The second-order valence-electron chi connectivity index (χ2n) is 6.34. The maximum Gasteiger partial charge on any atom is 0.0829 e. The topological polar surface area (TPSA) is 52.0 Å². The van der Waals surface area contributed by atoms with Crippen molar-refractivity contribution in [3.8, 4) is 0 Å². The molecule has 0 aliphatic heterocycles. The Kier molecular flexibility index (Phi) is 6.62. The minimum atomic E-state index is 0.0431. The van der Waals surface area contributed by atoms with Gasteiger partial charge in [-0.05, 0) is 24.8 Å². The van der Waals surface area contributed by atoms with Gasteiger partial charge in [-0.3, -0.25) is 0 Å². The first-order valence-corrected chi connectivity index (χ1v) is 7.60. The van der Waals surface area contributed by atoms with Crippen molar-refractivity contribution < 1.29 is 4.74 Å². The molecule has 116 valence electrons. The quantitative estimate of drug-likeness (QED) is 0.796. The molecule has 20 heavy (non-hydrogen) atoms. The van der Waals surface area contributed by atoms with Gasteiger partial charge < -0.3 is 10.1 Å². The van der Waals surface area contributed by atoms with E-state index in [9.17, 15) is 0 Å². The molecular weight excluding hydrogens is 252 g/mol. The van der Waals surface area contributed by atoms with E-state index in [2.05, 4.69) is 50.2 Å². The van der Waals surface area contributed by atoms with Crippen molar-refractivity contribution in [2.75, 3.05) is 13.7 Å². The molecule has 2 unspecified atom stereocenters. The lowest BCUT2D eigenvalue weighted by atomic mass is 9.83. The van der Waals surface area contributed by atoms with E-state index in [4.69, 9.17) is 4.74 Å². The molecule has 0 amide bonds. The zero-order valence-electron chi connectivity index (χ0n) is 13.8. The fraction of sp³-hybridized carbons (Fsp3) is 0.867. The van der Waals surface area contributed by atoms with E-state index in [0.29, 0.717) is 0 Å². The molecule has 0 aliphatic carbocycles. The number of hydrogen-bond acceptors (Lipinski definition) is 4. The van der Waals surface area contributed by atoms with E-state index in [-0.39, 0.29) is 17.6 Å². The van der Waals surface area contributed by atoms with Crippen molar-refractivity contribution in [1.82, 2.24) is 20.3 Å². The van der Waals surface area contributed by atoms with Gasteiger partial charge in [-0.1, -0.05) is 39.8 Å². The minimum Gasteiger partial charge on any atom is -0.379 e. The lowest BCUT2D eigenvalue weighted by Crippen LogP contribution is -2.42. The molecule has 0 saturated heterocycles. The van der Waals surface area contributed by atoms with Crippen LogP contribution >= 0.6 is 0 Å². The molecule has 5 nitrogen and oxygen atoms in total. The molecule has 1 aromatic rings. The third-order valence-electron chi connectivity index (χ3n) is 3.43. The number of hydrogen-bond donors (Lipinski definition) is 1. The van der Waals surface area contributed by atoms with Crippen LogP contribution in [0, 0.1) is 5.41 Å². The van der Waals surface area contributed by atoms with Crippen LogP contribution in [-0.2, 0) is 11.3 Å². The van der Waals surface area contributed by atoms with Crippen molar-refractivity contribution in [2.45, 2.75) is 66.2 Å². The summed E-state index contributed by atoms with van der Waals surface area (Å²) in [6, 6.07) is 0.112. The van der Waals surface area contributed by atoms with E-state index in [0.717, 1.165) is 31.6 Å². The maximum atomic E-state index is 5.80. The summed E-state index contributed by atoms with van der Waals surface area (Å²) in [7, 11) is 1.78. The number of aryl methyl sites for hydroxylation is 1. The second kappa shape index (κ2) is 7.74. The van der Waals surface area contributed by atoms with Crippen LogP contribution in [0.25, 0.3) is 0 Å². The van der Waals surface area contributed by atoms with Gasteiger partial charge in [0.05, 0.1) is 24.0 Å². The van der Waals surface area contributed by atoms with Crippen molar-refractivity contribution in [1.29, 1.82) is 0 Å². The largest absolute Gasteiger partial charge is 0.379 e. The number of rotatable bonds is 8. The van der Waals surface area contributed by atoms with Gasteiger partial charge in [0, 0.05) is 13.7 Å². The first kappa shape index (κ1) is 17.1. The van der Waals surface area contributed by atoms with E-state index in [1.54, 1.807) is 7.11 Å². The second-order valence-corrected chi connectivity index (χ2v) is 6.34. The van der Waals surface area contributed by atoms with Crippen LogP contribution in [0.5, 0.6) is 0 Å². The number of nitrogens with zero attached hydrogens (tertiary/aromatic N) is 3. The number of nitrogens with one attached hydrogen (secondary N) is 1. The number of ether oxygens (including phenoxy) is 1. The molecule has 1 rings (SSSR count). The lowest BCUT2D eigenvalue weighted by Gasteiger charge is -2.36. The van der Waals surface area contributed by atoms with Gasteiger partial charge in [0.25, 0.3) is 0 Å². The Labute approximate surface area is 123 Å². The SMILES string of the molecule is CCCNC(c1cnnn1CCC)C(OC)C(C)(C)C. The first-order valence-electron chi connectivity index (χ1n) is 7.60. The Bertz CT molecular complexity index is 383. The van der Waals surface area contributed by atoms with E-state index < -0.39 is 0 Å². The van der Waals surface area contributed by atoms with Gasteiger partial charge >= 0.3 is 0 Å². The fourth-order valence-electron chi connectivity index (χ4n) is 2.55. The van der Waals surface area contributed by atoms with Crippen LogP contribution in [0.3, 0.4) is 0 Å². The summed E-state index contributed by atoms with van der Waals surface area (Å²) in [4.78, 5) is 0. The summed E-state index contributed by atoms with van der Waals surface area (Å²) in [5.74, 6) is 0. The summed E-state index contributed by atoms with van der Waals surface area (Å²) < 4.78 is 7.79. The molecule has 0 aliphatic rings. The van der Waals surface area contributed by atoms with Crippen molar-refractivity contribution >= 4 is 0 Å². The number of aromatic nitrogens is 3. The highest BCUT2D eigenvalue weighted by Crippen LogP contribution is 2.32. The summed E-state index contributed by atoms with van der Waals surface area (Å²) in [6.07, 6.45) is 4.07. The molecule has 0 bridgehead atoms. The normalized spacial score (nSPS) is 15.3. The molecule has 1 N–H and O–H groups in total. The summed E-state index contributed by atoms with van der Waals surface area (Å²) in [5.41, 5.74) is 1.16. The van der Waals surface area contributed by atoms with Crippen molar-refractivity contribution in [3.63, 3.8) is 0 Å². The van der Waals surface area contributed by atoms with Gasteiger partial charge in [0.15, 0.2) is 0 Å². The first-order chi connectivity index (χ1) is 9.45. The van der Waals surface area contributed by atoms with Crippen LogP contribution in [-0.4, -0.2) is 34.8 Å². The van der Waals surface area contributed by atoms with Gasteiger partial charge in [0.1, 0.15) is 0 Å². The summed E-state index contributed by atoms with van der Waals surface area (Å²) in [5, 5.41) is 11.9. The molecule has 0 aromatic carbocycles. The molecule has 5 heteroatoms. The Morgan fingerprint density at radius 3 is 2.50 bits per heavy atom. The molecule has 0 saturated carbocycles. The zero-order chi connectivity index (χ0) is 15.2. The van der Waals surface area contributed by atoms with Crippen LogP contribution < -0.4 is 5.32 Å². The average molecular weight is 282 g/mol. The Balaban J connectivity index is 3.06. The monoisotopic (exact) mass is 282 g/mol. The Morgan fingerprint density at radius 2 is 2.00 bits per heavy atom. The van der Waals surface area contributed by atoms with Crippen LogP contribution in [0.2, 0.25) is 0 Å². The smallest absolute Gasteiger partial charge is 0.0829 e. The summed E-state index contributed by atoms with van der Waals surface area (Å²) in [6.45, 7) is 12.8. The average Bonchev–Trinajstić information content (AvgIpc) is 2.81. The van der Waals surface area contributed by atoms with E-state index in [1.165, 1.54) is 0 Å². The Hall–Kier alpha value is -0.940. The van der Waals surface area contributed by atoms with Gasteiger partial charge in [0.2, 0.25) is 0 Å². The Morgan fingerprint density at radius 1 is 1.30 bits per heavy atom. The molecule has 1 aromatic heterocycles.